The Balaban J connectivity index is 3.21. The molecular weight excluding hydrogens is 348 g/mol. The van der Waals surface area contributed by atoms with Gasteiger partial charge in [-0.05, 0) is 31.6 Å². The summed E-state index contributed by atoms with van der Waals surface area (Å²) in [5.41, 5.74) is 0. The fraction of sp³-hybridized carbons (Fsp3) is 0.862. The second-order valence-electron chi connectivity index (χ2n) is 9.45. The number of hydrogen-bond donors (Lipinski definition) is 0. The largest absolute Gasteiger partial charge is 0.0885 e. The molecule has 1 unspecified atom stereocenters. The molecule has 0 heteroatoms. The van der Waals surface area contributed by atoms with Gasteiger partial charge in [0.1, 0.15) is 0 Å². The third kappa shape index (κ3) is 25.7. The third-order valence-electron chi connectivity index (χ3n) is 6.31. The van der Waals surface area contributed by atoms with Gasteiger partial charge in [-0.25, -0.2) is 0 Å². The minimum atomic E-state index is 0.908. The van der Waals surface area contributed by atoms with Crippen LogP contribution in [0.15, 0.2) is 12.2 Å². The van der Waals surface area contributed by atoms with Crippen molar-refractivity contribution in [2.24, 2.45) is 5.92 Å². The average Bonchev–Trinajstić information content (AvgIpc) is 2.72. The number of rotatable bonds is 24. The van der Waals surface area contributed by atoms with Crippen molar-refractivity contribution in [3.8, 4) is 0 Å². The number of allylic oxidation sites excluding steroid dienone is 2. The molecule has 0 aromatic heterocycles. The van der Waals surface area contributed by atoms with Crippen LogP contribution in [-0.4, -0.2) is 0 Å². The van der Waals surface area contributed by atoms with Crippen LogP contribution in [0.2, 0.25) is 0 Å². The lowest BCUT2D eigenvalue weighted by atomic mass is 9.97. The van der Waals surface area contributed by atoms with Crippen molar-refractivity contribution >= 4 is 0 Å². The summed E-state index contributed by atoms with van der Waals surface area (Å²) in [4.78, 5) is 0. The normalized spacial score (nSPS) is 12.8. The van der Waals surface area contributed by atoms with E-state index in [1.54, 1.807) is 0 Å². The molecule has 0 aliphatic rings. The molecule has 1 atom stereocenters. The molecule has 0 saturated heterocycles. The van der Waals surface area contributed by atoms with Crippen molar-refractivity contribution < 1.29 is 0 Å². The summed E-state index contributed by atoms with van der Waals surface area (Å²) in [6.45, 7) is 10.3. The van der Waals surface area contributed by atoms with E-state index >= 15 is 0 Å². The van der Waals surface area contributed by atoms with Gasteiger partial charge in [0.15, 0.2) is 0 Å². The van der Waals surface area contributed by atoms with Gasteiger partial charge < -0.3 is 0 Å². The predicted molar refractivity (Wildman–Crippen MR) is 135 cm³/mol. The molecule has 0 fully saturated rings. The van der Waals surface area contributed by atoms with Crippen LogP contribution < -0.4 is 0 Å². The standard InChI is InChI=1S/C29H56/c1-4-6-8-10-12-14-16-17-18-20-22-24-26-28-29(3)27-25-23-21-19-15-13-11-9-7-5-2/h22,24,29H,1-2,4-21,23,25-28H2,3H3/b24-22+. The maximum absolute atomic E-state index is 3.92. The lowest BCUT2D eigenvalue weighted by Crippen LogP contribution is -1.94. The van der Waals surface area contributed by atoms with E-state index in [4.69, 9.17) is 0 Å². The van der Waals surface area contributed by atoms with Gasteiger partial charge in [-0.15, -0.1) is 0 Å². The fourth-order valence-electron chi connectivity index (χ4n) is 4.17. The van der Waals surface area contributed by atoms with Crippen LogP contribution in [0.1, 0.15) is 155 Å². The molecule has 0 N–H and O–H groups in total. The Hall–Kier alpha value is -0.260. The van der Waals surface area contributed by atoms with E-state index in [0.717, 1.165) is 18.8 Å². The van der Waals surface area contributed by atoms with Crippen LogP contribution in [-0.2, 0) is 0 Å². The zero-order valence-electron chi connectivity index (χ0n) is 20.4. The summed E-state index contributed by atoms with van der Waals surface area (Å²) >= 11 is 0. The molecular formula is C29H56. The monoisotopic (exact) mass is 404 g/mol. The van der Waals surface area contributed by atoms with Crippen molar-refractivity contribution in [2.45, 2.75) is 155 Å². The maximum atomic E-state index is 3.92. The Morgan fingerprint density at radius 2 is 0.828 bits per heavy atom. The van der Waals surface area contributed by atoms with Gasteiger partial charge in [-0.3, -0.25) is 0 Å². The van der Waals surface area contributed by atoms with Gasteiger partial charge in [0.25, 0.3) is 0 Å². The first-order valence-electron chi connectivity index (χ1n) is 13.5. The average molecular weight is 405 g/mol. The summed E-state index contributed by atoms with van der Waals surface area (Å²) < 4.78 is 0. The van der Waals surface area contributed by atoms with E-state index in [9.17, 15) is 0 Å². The van der Waals surface area contributed by atoms with Gasteiger partial charge >= 0.3 is 0 Å². The lowest BCUT2D eigenvalue weighted by molar-refractivity contribution is 0.457. The maximum Gasteiger partial charge on any atom is -0.0348 e. The first-order valence-corrected chi connectivity index (χ1v) is 13.5. The zero-order valence-corrected chi connectivity index (χ0v) is 20.4. The highest BCUT2D eigenvalue weighted by Crippen LogP contribution is 2.17. The van der Waals surface area contributed by atoms with Crippen LogP contribution in [0.4, 0.5) is 0 Å². The van der Waals surface area contributed by atoms with Crippen molar-refractivity contribution in [3.63, 3.8) is 0 Å². The summed E-state index contributed by atoms with van der Waals surface area (Å²) in [6, 6.07) is 0. The van der Waals surface area contributed by atoms with Gasteiger partial charge in [-0.1, -0.05) is 155 Å². The Morgan fingerprint density at radius 3 is 1.31 bits per heavy atom. The number of hydrogen-bond acceptors (Lipinski definition) is 0. The van der Waals surface area contributed by atoms with E-state index in [1.165, 1.54) is 135 Å². The highest BCUT2D eigenvalue weighted by molar-refractivity contribution is 4.82. The van der Waals surface area contributed by atoms with E-state index in [0.29, 0.717) is 0 Å². The molecule has 0 bridgehead atoms. The van der Waals surface area contributed by atoms with Crippen LogP contribution in [0.3, 0.4) is 0 Å². The summed E-state index contributed by atoms with van der Waals surface area (Å²) in [6.07, 6.45) is 36.6. The van der Waals surface area contributed by atoms with Gasteiger partial charge in [-0.2, -0.15) is 0 Å². The van der Waals surface area contributed by atoms with E-state index < -0.39 is 0 Å². The summed E-state index contributed by atoms with van der Waals surface area (Å²) in [5.74, 6) is 0.908. The predicted octanol–water partition coefficient (Wildman–Crippen LogP) is 10.8. The molecule has 29 heavy (non-hydrogen) atoms. The molecule has 0 aromatic carbocycles. The third-order valence-corrected chi connectivity index (χ3v) is 6.31. The Labute approximate surface area is 186 Å². The molecule has 0 heterocycles. The highest BCUT2D eigenvalue weighted by atomic mass is 14.1. The van der Waals surface area contributed by atoms with E-state index in [1.807, 2.05) is 0 Å². The molecule has 0 spiro atoms. The molecule has 0 aliphatic heterocycles. The van der Waals surface area contributed by atoms with Crippen LogP contribution in [0, 0.1) is 19.8 Å². The molecule has 0 rings (SSSR count). The van der Waals surface area contributed by atoms with Gasteiger partial charge in [0, 0.05) is 0 Å². The van der Waals surface area contributed by atoms with Crippen molar-refractivity contribution in [3.05, 3.63) is 26.0 Å². The first-order chi connectivity index (χ1) is 14.3. The van der Waals surface area contributed by atoms with Crippen LogP contribution >= 0.6 is 0 Å². The van der Waals surface area contributed by atoms with Crippen LogP contribution in [0.25, 0.3) is 0 Å². The second kappa shape index (κ2) is 25.8. The number of unbranched alkanes of at least 4 members (excludes halogenated alkanes) is 18. The topological polar surface area (TPSA) is 0 Å². The van der Waals surface area contributed by atoms with Gasteiger partial charge in [0.05, 0.1) is 0 Å². The van der Waals surface area contributed by atoms with Crippen molar-refractivity contribution in [1.29, 1.82) is 0 Å². The second-order valence-corrected chi connectivity index (χ2v) is 9.45. The Bertz CT molecular complexity index is 303. The van der Waals surface area contributed by atoms with Crippen LogP contribution in [0.5, 0.6) is 0 Å². The minimum Gasteiger partial charge on any atom is -0.0885 e. The fourth-order valence-corrected chi connectivity index (χ4v) is 4.17. The molecule has 0 nitrogen and oxygen atoms in total. The summed E-state index contributed by atoms with van der Waals surface area (Å²) in [5, 5.41) is 0. The SMILES string of the molecule is [CH2]CCCCCCCCCC/C=C/CCC(C)CCCCCCCCCCC[CH2]. The minimum absolute atomic E-state index is 0.908. The molecule has 172 valence electrons. The highest BCUT2D eigenvalue weighted by Gasteiger charge is 2.01. The molecule has 0 amide bonds. The smallest absolute Gasteiger partial charge is 0.0348 e. The summed E-state index contributed by atoms with van der Waals surface area (Å²) in [7, 11) is 0. The van der Waals surface area contributed by atoms with Crippen molar-refractivity contribution in [2.75, 3.05) is 0 Å². The Kier molecular flexibility index (Phi) is 25.5. The first kappa shape index (κ1) is 28.7. The van der Waals surface area contributed by atoms with E-state index in [-0.39, 0.29) is 0 Å². The molecule has 0 aromatic rings. The Morgan fingerprint density at radius 1 is 0.448 bits per heavy atom. The lowest BCUT2D eigenvalue weighted by Gasteiger charge is -2.09. The van der Waals surface area contributed by atoms with Gasteiger partial charge in [0.2, 0.25) is 0 Å². The quantitative estimate of drug-likeness (QED) is 0.111. The molecule has 2 radical (unpaired) electrons. The zero-order chi connectivity index (χ0) is 21.3. The van der Waals surface area contributed by atoms with E-state index in [2.05, 4.69) is 32.9 Å². The molecule has 0 saturated carbocycles. The molecule has 0 aliphatic carbocycles. The van der Waals surface area contributed by atoms with Crippen molar-refractivity contribution in [1.82, 2.24) is 0 Å².